The SMILES string of the molecule is N[C@@H](CC(=O)O)c1ncccc1Cl. The molecule has 0 bridgehead atoms. The van der Waals surface area contributed by atoms with Gasteiger partial charge in [0.05, 0.1) is 23.2 Å². The van der Waals surface area contributed by atoms with E-state index in [1.54, 1.807) is 12.1 Å². The van der Waals surface area contributed by atoms with Crippen molar-refractivity contribution in [2.45, 2.75) is 12.5 Å². The molecule has 0 aliphatic rings. The summed E-state index contributed by atoms with van der Waals surface area (Å²) in [5, 5.41) is 8.88. The average Bonchev–Trinajstić information content (AvgIpc) is 2.03. The number of aromatic nitrogens is 1. The number of nitrogens with zero attached hydrogens (tertiary/aromatic N) is 1. The van der Waals surface area contributed by atoms with Crippen molar-refractivity contribution < 1.29 is 9.90 Å². The minimum atomic E-state index is -0.964. The van der Waals surface area contributed by atoms with E-state index in [-0.39, 0.29) is 6.42 Å². The number of hydrogen-bond acceptors (Lipinski definition) is 3. The van der Waals surface area contributed by atoms with Gasteiger partial charge in [-0.3, -0.25) is 9.78 Å². The van der Waals surface area contributed by atoms with Gasteiger partial charge in [-0.05, 0) is 12.1 Å². The van der Waals surface area contributed by atoms with E-state index in [0.29, 0.717) is 10.7 Å². The molecule has 0 aliphatic heterocycles. The third kappa shape index (κ3) is 2.68. The van der Waals surface area contributed by atoms with Crippen molar-refractivity contribution >= 4 is 17.6 Å². The maximum absolute atomic E-state index is 10.3. The molecule has 0 spiro atoms. The summed E-state index contributed by atoms with van der Waals surface area (Å²) in [5.74, 6) is -0.964. The van der Waals surface area contributed by atoms with Crippen molar-refractivity contribution in [1.29, 1.82) is 0 Å². The zero-order valence-corrected chi connectivity index (χ0v) is 7.53. The summed E-state index contributed by atoms with van der Waals surface area (Å²) in [7, 11) is 0. The Hall–Kier alpha value is -1.13. The molecule has 0 saturated heterocycles. The monoisotopic (exact) mass is 200 g/mol. The third-order valence-electron chi connectivity index (χ3n) is 1.53. The smallest absolute Gasteiger partial charge is 0.305 e. The van der Waals surface area contributed by atoms with Crippen LogP contribution in [0.1, 0.15) is 18.2 Å². The molecule has 0 aliphatic carbocycles. The number of carbonyl (C=O) groups is 1. The molecule has 1 aromatic rings. The summed E-state index contributed by atoms with van der Waals surface area (Å²) in [6.45, 7) is 0. The van der Waals surface area contributed by atoms with Crippen molar-refractivity contribution in [3.8, 4) is 0 Å². The summed E-state index contributed by atoms with van der Waals surface area (Å²) < 4.78 is 0. The lowest BCUT2D eigenvalue weighted by atomic mass is 10.1. The fourth-order valence-corrected chi connectivity index (χ4v) is 1.22. The van der Waals surface area contributed by atoms with Gasteiger partial charge >= 0.3 is 5.97 Å². The molecule has 1 atom stereocenters. The van der Waals surface area contributed by atoms with E-state index in [1.807, 2.05) is 0 Å². The molecule has 0 amide bonds. The first kappa shape index (κ1) is 9.95. The van der Waals surface area contributed by atoms with Crippen molar-refractivity contribution in [2.24, 2.45) is 5.73 Å². The summed E-state index contributed by atoms with van der Waals surface area (Å²) in [6.07, 6.45) is 1.36. The highest BCUT2D eigenvalue weighted by atomic mass is 35.5. The first-order valence-electron chi connectivity index (χ1n) is 3.69. The Bertz CT molecular complexity index is 317. The van der Waals surface area contributed by atoms with Crippen LogP contribution in [0.15, 0.2) is 18.3 Å². The molecule has 1 heterocycles. The Balaban J connectivity index is 2.82. The molecule has 4 nitrogen and oxygen atoms in total. The molecule has 70 valence electrons. The van der Waals surface area contributed by atoms with Crippen LogP contribution in [0.25, 0.3) is 0 Å². The van der Waals surface area contributed by atoms with Crippen LogP contribution in [0.5, 0.6) is 0 Å². The van der Waals surface area contributed by atoms with E-state index in [2.05, 4.69) is 4.98 Å². The van der Waals surface area contributed by atoms with Crippen LogP contribution in [-0.2, 0) is 4.79 Å². The number of nitrogens with two attached hydrogens (primary N) is 1. The van der Waals surface area contributed by atoms with E-state index in [1.165, 1.54) is 6.20 Å². The highest BCUT2D eigenvalue weighted by Gasteiger charge is 2.14. The standard InChI is InChI=1S/C8H9ClN2O2/c9-5-2-1-3-11-8(5)6(10)4-7(12)13/h1-3,6H,4,10H2,(H,12,13)/t6-/m0/s1. The molecule has 1 rings (SSSR count). The molecule has 0 fully saturated rings. The van der Waals surface area contributed by atoms with Crippen molar-refractivity contribution in [3.05, 3.63) is 29.0 Å². The summed E-state index contributed by atoms with van der Waals surface area (Å²) in [5.41, 5.74) is 5.99. The third-order valence-corrected chi connectivity index (χ3v) is 1.85. The lowest BCUT2D eigenvalue weighted by Crippen LogP contribution is -2.16. The predicted molar refractivity (Wildman–Crippen MR) is 48.4 cm³/mol. The molecule has 5 heteroatoms. The van der Waals surface area contributed by atoms with Crippen LogP contribution in [-0.4, -0.2) is 16.1 Å². The average molecular weight is 201 g/mol. The predicted octanol–water partition coefficient (Wildman–Crippen LogP) is 1.21. The summed E-state index contributed by atoms with van der Waals surface area (Å²) >= 11 is 5.77. The van der Waals surface area contributed by atoms with Crippen LogP contribution in [0.2, 0.25) is 5.02 Å². The fraction of sp³-hybridized carbons (Fsp3) is 0.250. The number of pyridine rings is 1. The maximum Gasteiger partial charge on any atom is 0.305 e. The number of hydrogen-bond donors (Lipinski definition) is 2. The van der Waals surface area contributed by atoms with Gasteiger partial charge in [-0.25, -0.2) is 0 Å². The van der Waals surface area contributed by atoms with Gasteiger partial charge in [-0.2, -0.15) is 0 Å². The van der Waals surface area contributed by atoms with Crippen molar-refractivity contribution in [1.82, 2.24) is 4.98 Å². The second kappa shape index (κ2) is 4.20. The van der Waals surface area contributed by atoms with Crippen molar-refractivity contribution in [3.63, 3.8) is 0 Å². The Kier molecular flexibility index (Phi) is 3.22. The Labute approximate surface area is 80.3 Å². The first-order valence-corrected chi connectivity index (χ1v) is 4.07. The topological polar surface area (TPSA) is 76.2 Å². The van der Waals surface area contributed by atoms with E-state index >= 15 is 0 Å². The number of rotatable bonds is 3. The normalized spacial score (nSPS) is 12.5. The highest BCUT2D eigenvalue weighted by molar-refractivity contribution is 6.31. The molecular weight excluding hydrogens is 192 g/mol. The zero-order valence-electron chi connectivity index (χ0n) is 6.77. The molecule has 0 aromatic carbocycles. The van der Waals surface area contributed by atoms with Gasteiger partial charge < -0.3 is 10.8 Å². The zero-order chi connectivity index (χ0) is 9.84. The van der Waals surface area contributed by atoms with Crippen LogP contribution in [0, 0.1) is 0 Å². The van der Waals surface area contributed by atoms with Crippen molar-refractivity contribution in [2.75, 3.05) is 0 Å². The highest BCUT2D eigenvalue weighted by Crippen LogP contribution is 2.20. The lowest BCUT2D eigenvalue weighted by Gasteiger charge is -2.08. The van der Waals surface area contributed by atoms with Crippen LogP contribution in [0.4, 0.5) is 0 Å². The quantitative estimate of drug-likeness (QED) is 0.769. The first-order chi connectivity index (χ1) is 6.11. The van der Waals surface area contributed by atoms with Gasteiger partial charge in [-0.1, -0.05) is 11.6 Å². The minimum absolute atomic E-state index is 0.170. The Morgan fingerprint density at radius 3 is 3.00 bits per heavy atom. The van der Waals surface area contributed by atoms with Gasteiger partial charge in [-0.15, -0.1) is 0 Å². The fourth-order valence-electron chi connectivity index (χ4n) is 0.956. The molecule has 13 heavy (non-hydrogen) atoms. The summed E-state index contributed by atoms with van der Waals surface area (Å²) in [4.78, 5) is 14.3. The number of carboxylic acids is 1. The summed E-state index contributed by atoms with van der Waals surface area (Å²) in [6, 6.07) is 2.65. The lowest BCUT2D eigenvalue weighted by molar-refractivity contribution is -0.137. The van der Waals surface area contributed by atoms with E-state index in [0.717, 1.165) is 0 Å². The Morgan fingerprint density at radius 2 is 2.46 bits per heavy atom. The number of halogens is 1. The van der Waals surface area contributed by atoms with Gasteiger partial charge in [0, 0.05) is 6.20 Å². The molecule has 1 aromatic heterocycles. The minimum Gasteiger partial charge on any atom is -0.481 e. The van der Waals surface area contributed by atoms with Crippen LogP contribution in [0.3, 0.4) is 0 Å². The molecule has 0 saturated carbocycles. The molecule has 3 N–H and O–H groups in total. The molecule has 0 unspecified atom stereocenters. The second-order valence-corrected chi connectivity index (χ2v) is 2.98. The largest absolute Gasteiger partial charge is 0.481 e. The van der Waals surface area contributed by atoms with Gasteiger partial charge in [0.1, 0.15) is 0 Å². The van der Waals surface area contributed by atoms with Crippen LogP contribution < -0.4 is 5.73 Å². The molecular formula is C8H9ClN2O2. The maximum atomic E-state index is 10.3. The Morgan fingerprint density at radius 1 is 1.77 bits per heavy atom. The van der Waals surface area contributed by atoms with Crippen LogP contribution >= 0.6 is 11.6 Å². The van der Waals surface area contributed by atoms with E-state index in [9.17, 15) is 4.79 Å². The van der Waals surface area contributed by atoms with Gasteiger partial charge in [0.2, 0.25) is 0 Å². The van der Waals surface area contributed by atoms with Gasteiger partial charge in [0.15, 0.2) is 0 Å². The number of carboxylic acid groups (broad SMARTS) is 1. The van der Waals surface area contributed by atoms with Gasteiger partial charge in [0.25, 0.3) is 0 Å². The van der Waals surface area contributed by atoms with E-state index in [4.69, 9.17) is 22.4 Å². The second-order valence-electron chi connectivity index (χ2n) is 2.57. The molecule has 0 radical (unpaired) electrons. The number of aliphatic carboxylic acids is 1. The van der Waals surface area contributed by atoms with E-state index < -0.39 is 12.0 Å².